The van der Waals surface area contributed by atoms with Crippen molar-refractivity contribution in [3.05, 3.63) is 29.8 Å². The number of hydrogen-bond acceptors (Lipinski definition) is 6. The van der Waals surface area contributed by atoms with Crippen LogP contribution >= 0.6 is 11.8 Å². The molecule has 0 amide bonds. The lowest BCUT2D eigenvalue weighted by atomic mass is 9.89. The summed E-state index contributed by atoms with van der Waals surface area (Å²) in [5.74, 6) is -0.273. The minimum atomic E-state index is -3.77. The number of rotatable bonds is 7. The van der Waals surface area contributed by atoms with Gasteiger partial charge in [-0.1, -0.05) is 31.5 Å². The van der Waals surface area contributed by atoms with Crippen molar-refractivity contribution in [2.24, 2.45) is 11.8 Å². The number of Topliss-reactive ketones (excluding diaryl/α,β-unsaturated/α-hetero) is 1. The second-order valence-electron chi connectivity index (χ2n) is 7.06. The maximum Gasteiger partial charge on any atom is 0.309 e. The minimum absolute atomic E-state index is 0.0184. The van der Waals surface area contributed by atoms with Crippen molar-refractivity contribution in [1.82, 2.24) is 4.31 Å². The number of benzene rings is 1. The number of methoxy groups -OCH3 is 1. The summed E-state index contributed by atoms with van der Waals surface area (Å²) in [5.41, 5.74) is 0.966. The molecule has 1 heterocycles. The van der Waals surface area contributed by atoms with E-state index in [1.165, 1.54) is 11.4 Å². The van der Waals surface area contributed by atoms with Crippen molar-refractivity contribution in [3.8, 4) is 0 Å². The minimum Gasteiger partial charge on any atom is -0.469 e. The number of thioether (sulfide) groups is 1. The van der Waals surface area contributed by atoms with E-state index in [2.05, 4.69) is 0 Å². The highest BCUT2D eigenvalue weighted by Gasteiger charge is 2.39. The summed E-state index contributed by atoms with van der Waals surface area (Å²) in [5, 5.41) is 0. The molecule has 8 heteroatoms. The van der Waals surface area contributed by atoms with E-state index < -0.39 is 28.0 Å². The first-order valence-electron chi connectivity index (χ1n) is 8.95. The molecule has 1 aromatic carbocycles. The Labute approximate surface area is 165 Å². The summed E-state index contributed by atoms with van der Waals surface area (Å²) in [4.78, 5) is 25.1. The van der Waals surface area contributed by atoms with Crippen molar-refractivity contribution in [2.75, 3.05) is 25.2 Å². The molecule has 2 rings (SSSR count). The zero-order valence-corrected chi connectivity index (χ0v) is 17.8. The van der Waals surface area contributed by atoms with E-state index in [0.717, 1.165) is 5.56 Å². The van der Waals surface area contributed by atoms with Gasteiger partial charge in [-0.2, -0.15) is 16.1 Å². The van der Waals surface area contributed by atoms with E-state index in [9.17, 15) is 18.0 Å². The van der Waals surface area contributed by atoms with Gasteiger partial charge in [0.05, 0.1) is 24.0 Å². The van der Waals surface area contributed by atoms with E-state index >= 15 is 0 Å². The lowest BCUT2D eigenvalue weighted by Crippen LogP contribution is -2.50. The van der Waals surface area contributed by atoms with E-state index in [0.29, 0.717) is 11.5 Å². The smallest absolute Gasteiger partial charge is 0.309 e. The molecule has 1 fully saturated rings. The molecule has 2 atom stereocenters. The molecule has 0 aliphatic carbocycles. The zero-order chi connectivity index (χ0) is 20.2. The number of aryl methyl sites for hydroxylation is 1. The summed E-state index contributed by atoms with van der Waals surface area (Å²) in [6.07, 6.45) is -0.0184. The van der Waals surface area contributed by atoms with Gasteiger partial charge in [-0.25, -0.2) is 8.42 Å². The standard InChI is InChI=1S/C19H27NO5S2/c1-13(2)16(19(22)25-4)11-18(21)17-12-26-10-9-20(17)27(23,24)15-7-5-14(3)6-8-15/h5-8,13,16-17H,9-12H2,1-4H3/t16-,17-/m0/s1. The molecule has 0 radical (unpaired) electrons. The van der Waals surface area contributed by atoms with Gasteiger partial charge in [-0.05, 0) is 25.0 Å². The Bertz CT molecular complexity index is 774. The summed E-state index contributed by atoms with van der Waals surface area (Å²) >= 11 is 1.56. The molecule has 0 unspecified atom stereocenters. The molecule has 0 N–H and O–H groups in total. The monoisotopic (exact) mass is 413 g/mol. The van der Waals surface area contributed by atoms with Crippen molar-refractivity contribution < 1.29 is 22.7 Å². The van der Waals surface area contributed by atoms with Crippen LogP contribution < -0.4 is 0 Å². The van der Waals surface area contributed by atoms with Gasteiger partial charge in [0.25, 0.3) is 0 Å². The van der Waals surface area contributed by atoms with Crippen LogP contribution in [0.5, 0.6) is 0 Å². The van der Waals surface area contributed by atoms with Crippen molar-refractivity contribution in [3.63, 3.8) is 0 Å². The van der Waals surface area contributed by atoms with Crippen LogP contribution in [0.25, 0.3) is 0 Å². The van der Waals surface area contributed by atoms with Crippen LogP contribution in [0.3, 0.4) is 0 Å². The summed E-state index contributed by atoms with van der Waals surface area (Å²) in [6.45, 7) is 5.87. The Kier molecular flexibility index (Phi) is 7.47. The fourth-order valence-electron chi connectivity index (χ4n) is 3.07. The molecule has 1 aromatic rings. The maximum atomic E-state index is 13.1. The highest BCUT2D eigenvalue weighted by atomic mass is 32.2. The third kappa shape index (κ3) is 5.12. The molecular formula is C19H27NO5S2. The van der Waals surface area contributed by atoms with Crippen LogP contribution in [-0.2, 0) is 24.3 Å². The first-order valence-corrected chi connectivity index (χ1v) is 11.5. The predicted octanol–water partition coefficient (Wildman–Crippen LogP) is 2.51. The van der Waals surface area contributed by atoms with Crippen molar-refractivity contribution in [2.45, 2.75) is 38.1 Å². The number of sulfonamides is 1. The summed E-state index contributed by atoms with van der Waals surface area (Å²) < 4.78 is 32.3. The van der Waals surface area contributed by atoms with Gasteiger partial charge in [0.1, 0.15) is 0 Å². The third-order valence-electron chi connectivity index (χ3n) is 4.81. The van der Waals surface area contributed by atoms with Crippen LogP contribution in [0.1, 0.15) is 25.8 Å². The molecule has 0 spiro atoms. The number of ether oxygens (including phenoxy) is 1. The molecule has 0 saturated carbocycles. The lowest BCUT2D eigenvalue weighted by molar-refractivity contribution is -0.149. The van der Waals surface area contributed by atoms with Gasteiger partial charge in [-0.3, -0.25) is 9.59 Å². The van der Waals surface area contributed by atoms with Crippen LogP contribution in [0.4, 0.5) is 0 Å². The van der Waals surface area contributed by atoms with E-state index in [1.54, 1.807) is 36.0 Å². The number of ketones is 1. The second kappa shape index (κ2) is 9.21. The highest BCUT2D eigenvalue weighted by molar-refractivity contribution is 7.99. The second-order valence-corrected chi connectivity index (χ2v) is 10.1. The molecular weight excluding hydrogens is 386 g/mol. The van der Waals surface area contributed by atoms with Gasteiger partial charge < -0.3 is 4.74 Å². The Balaban J connectivity index is 2.27. The summed E-state index contributed by atoms with van der Waals surface area (Å²) in [7, 11) is -2.47. The van der Waals surface area contributed by atoms with Crippen LogP contribution in [0.15, 0.2) is 29.2 Å². The Morgan fingerprint density at radius 3 is 2.44 bits per heavy atom. The van der Waals surface area contributed by atoms with Gasteiger partial charge >= 0.3 is 5.97 Å². The normalized spacial score (nSPS) is 19.7. The zero-order valence-electron chi connectivity index (χ0n) is 16.2. The average molecular weight is 414 g/mol. The highest BCUT2D eigenvalue weighted by Crippen LogP contribution is 2.28. The van der Waals surface area contributed by atoms with E-state index in [1.807, 2.05) is 20.8 Å². The fourth-order valence-corrected chi connectivity index (χ4v) is 5.97. The first kappa shape index (κ1) is 21.9. The Hall–Kier alpha value is -1.38. The number of nitrogens with zero attached hydrogens (tertiary/aromatic N) is 1. The van der Waals surface area contributed by atoms with E-state index in [4.69, 9.17) is 4.74 Å². The number of carbonyl (C=O) groups is 2. The van der Waals surface area contributed by atoms with Crippen molar-refractivity contribution in [1.29, 1.82) is 0 Å². The molecule has 0 aromatic heterocycles. The fraction of sp³-hybridized carbons (Fsp3) is 0.579. The van der Waals surface area contributed by atoms with Crippen LogP contribution in [-0.4, -0.2) is 55.7 Å². The van der Waals surface area contributed by atoms with E-state index in [-0.39, 0.29) is 29.6 Å². The number of carbonyl (C=O) groups excluding carboxylic acids is 2. The van der Waals surface area contributed by atoms with Gasteiger partial charge in [0.2, 0.25) is 10.0 Å². The van der Waals surface area contributed by atoms with Gasteiger partial charge in [-0.15, -0.1) is 0 Å². The molecule has 0 bridgehead atoms. The van der Waals surface area contributed by atoms with Gasteiger partial charge in [0, 0.05) is 24.5 Å². The molecule has 1 saturated heterocycles. The van der Waals surface area contributed by atoms with Crippen LogP contribution in [0.2, 0.25) is 0 Å². The molecule has 150 valence electrons. The molecule has 1 aliphatic rings. The number of esters is 1. The average Bonchev–Trinajstić information content (AvgIpc) is 2.65. The Morgan fingerprint density at radius 1 is 1.26 bits per heavy atom. The van der Waals surface area contributed by atoms with Gasteiger partial charge in [0.15, 0.2) is 5.78 Å². The summed E-state index contributed by atoms with van der Waals surface area (Å²) in [6, 6.07) is 5.86. The quantitative estimate of drug-likeness (QED) is 0.639. The number of hydrogen-bond donors (Lipinski definition) is 0. The molecule has 6 nitrogen and oxygen atoms in total. The first-order chi connectivity index (χ1) is 12.7. The predicted molar refractivity (Wildman–Crippen MR) is 106 cm³/mol. The largest absolute Gasteiger partial charge is 0.469 e. The lowest BCUT2D eigenvalue weighted by Gasteiger charge is -2.34. The molecule has 1 aliphatic heterocycles. The third-order valence-corrected chi connectivity index (χ3v) is 7.75. The van der Waals surface area contributed by atoms with Crippen LogP contribution in [0, 0.1) is 18.8 Å². The topological polar surface area (TPSA) is 80.8 Å². The van der Waals surface area contributed by atoms with Crippen molar-refractivity contribution >= 4 is 33.5 Å². The SMILES string of the molecule is COC(=O)[C@@H](CC(=O)[C@@H]1CSCCN1S(=O)(=O)c1ccc(C)cc1)C(C)C. The Morgan fingerprint density at radius 2 is 1.89 bits per heavy atom. The molecule has 27 heavy (non-hydrogen) atoms. The maximum absolute atomic E-state index is 13.1.